The number of amides is 2. The second-order valence-electron chi connectivity index (χ2n) is 5.55. The topological polar surface area (TPSA) is 52.7 Å². The van der Waals surface area contributed by atoms with E-state index in [9.17, 15) is 9.59 Å². The summed E-state index contributed by atoms with van der Waals surface area (Å²) in [6.07, 6.45) is 1.14. The summed E-state index contributed by atoms with van der Waals surface area (Å²) < 4.78 is 0. The Kier molecular flexibility index (Phi) is 3.92. The number of carbonyl (C=O) groups excluding carboxylic acids is 2. The van der Waals surface area contributed by atoms with Crippen molar-refractivity contribution in [2.24, 2.45) is 0 Å². The molecular weight excluding hydrogens is 266 g/mol. The van der Waals surface area contributed by atoms with Crippen LogP contribution in [0.4, 0.5) is 5.69 Å². The molecule has 0 saturated carbocycles. The van der Waals surface area contributed by atoms with Crippen LogP contribution >= 0.6 is 0 Å². The van der Waals surface area contributed by atoms with Crippen molar-refractivity contribution in [1.29, 1.82) is 0 Å². The van der Waals surface area contributed by atoms with Gasteiger partial charge in [0.25, 0.3) is 0 Å². The molecule has 2 amide bonds. The number of nitrogens with zero attached hydrogens (tertiary/aromatic N) is 2. The zero-order valence-corrected chi connectivity index (χ0v) is 12.3. The number of hydrogen-bond donors (Lipinski definition) is 1. The Labute approximate surface area is 124 Å². The summed E-state index contributed by atoms with van der Waals surface area (Å²) >= 11 is 0. The van der Waals surface area contributed by atoms with E-state index in [4.69, 9.17) is 0 Å². The van der Waals surface area contributed by atoms with Gasteiger partial charge in [0.2, 0.25) is 11.8 Å². The van der Waals surface area contributed by atoms with Crippen molar-refractivity contribution in [2.75, 3.05) is 31.1 Å². The van der Waals surface area contributed by atoms with Crippen LogP contribution in [0.1, 0.15) is 18.9 Å². The Morgan fingerprint density at radius 1 is 1.33 bits per heavy atom. The molecule has 1 N–H and O–H groups in total. The number of fused-ring (bicyclic) bond motifs is 1. The van der Waals surface area contributed by atoms with Crippen LogP contribution in [-0.4, -0.2) is 48.9 Å². The molecule has 21 heavy (non-hydrogen) atoms. The van der Waals surface area contributed by atoms with Gasteiger partial charge in [-0.05, 0) is 25.0 Å². The third-order valence-corrected chi connectivity index (χ3v) is 4.33. The second kappa shape index (κ2) is 5.85. The molecule has 1 saturated heterocycles. The largest absolute Gasteiger partial charge is 0.340 e. The van der Waals surface area contributed by atoms with E-state index in [2.05, 4.69) is 11.4 Å². The summed E-state index contributed by atoms with van der Waals surface area (Å²) in [6, 6.07) is 7.62. The van der Waals surface area contributed by atoms with Gasteiger partial charge in [0.1, 0.15) is 0 Å². The van der Waals surface area contributed by atoms with Crippen molar-refractivity contribution in [3.05, 3.63) is 29.8 Å². The van der Waals surface area contributed by atoms with E-state index in [-0.39, 0.29) is 24.3 Å². The maximum Gasteiger partial charge on any atom is 0.240 e. The van der Waals surface area contributed by atoms with Crippen LogP contribution in [0.5, 0.6) is 0 Å². The molecule has 3 rings (SSSR count). The Morgan fingerprint density at radius 2 is 2.14 bits per heavy atom. The predicted molar refractivity (Wildman–Crippen MR) is 81.2 cm³/mol. The fourth-order valence-electron chi connectivity index (χ4n) is 3.15. The molecule has 0 aromatic heterocycles. The molecule has 0 spiro atoms. The molecule has 5 nitrogen and oxygen atoms in total. The molecule has 1 fully saturated rings. The lowest BCUT2D eigenvalue weighted by molar-refractivity contribution is -0.137. The van der Waals surface area contributed by atoms with Gasteiger partial charge in [-0.15, -0.1) is 0 Å². The van der Waals surface area contributed by atoms with E-state index >= 15 is 0 Å². The fraction of sp³-hybridized carbons (Fsp3) is 0.500. The summed E-state index contributed by atoms with van der Waals surface area (Å²) in [5, 5.41) is 3.17. The number of rotatable bonds is 3. The van der Waals surface area contributed by atoms with Crippen molar-refractivity contribution in [3.63, 3.8) is 0 Å². The van der Waals surface area contributed by atoms with E-state index in [1.54, 1.807) is 0 Å². The summed E-state index contributed by atoms with van der Waals surface area (Å²) in [6.45, 7) is 4.88. The second-order valence-corrected chi connectivity index (χ2v) is 5.55. The molecular formula is C16H21N3O2. The van der Waals surface area contributed by atoms with Crippen molar-refractivity contribution >= 4 is 17.5 Å². The molecule has 2 aliphatic rings. The number of benzene rings is 1. The van der Waals surface area contributed by atoms with Gasteiger partial charge in [0.15, 0.2) is 0 Å². The van der Waals surface area contributed by atoms with Gasteiger partial charge in [0, 0.05) is 31.9 Å². The maximum atomic E-state index is 12.5. The normalized spacial score (nSPS) is 21.6. The van der Waals surface area contributed by atoms with Gasteiger partial charge in [-0.1, -0.05) is 18.2 Å². The number of likely N-dealkylation sites (N-methyl/N-ethyl adjacent to an activating group) is 1. The molecule has 0 aliphatic carbocycles. The summed E-state index contributed by atoms with van der Waals surface area (Å²) in [7, 11) is 0. The summed E-state index contributed by atoms with van der Waals surface area (Å²) in [5.41, 5.74) is 2.21. The van der Waals surface area contributed by atoms with E-state index in [1.165, 1.54) is 5.56 Å². The van der Waals surface area contributed by atoms with Crippen LogP contribution in [0, 0.1) is 0 Å². The Balaban J connectivity index is 1.69. The van der Waals surface area contributed by atoms with Crippen molar-refractivity contribution < 1.29 is 9.59 Å². The Bertz CT molecular complexity index is 558. The van der Waals surface area contributed by atoms with E-state index in [0.717, 1.165) is 31.7 Å². The van der Waals surface area contributed by atoms with Gasteiger partial charge in [-0.2, -0.15) is 0 Å². The van der Waals surface area contributed by atoms with Crippen molar-refractivity contribution in [1.82, 2.24) is 10.2 Å². The summed E-state index contributed by atoms with van der Waals surface area (Å²) in [5.74, 6) is 0.0772. The fourth-order valence-corrected chi connectivity index (χ4v) is 3.15. The predicted octanol–water partition coefficient (Wildman–Crippen LogP) is 0.786. The first kappa shape index (κ1) is 14.1. The average molecular weight is 287 g/mol. The molecule has 2 heterocycles. The molecule has 1 atom stereocenters. The van der Waals surface area contributed by atoms with Crippen LogP contribution < -0.4 is 10.2 Å². The van der Waals surface area contributed by atoms with Crippen LogP contribution in [-0.2, 0) is 16.0 Å². The molecule has 112 valence electrons. The standard InChI is InChI=1S/C16H21N3O2/c1-2-18-10-8-17-13(16(18)21)11-15(20)19-9-7-12-5-3-4-6-14(12)19/h3-6,13,17H,2,7-11H2,1H3. The monoisotopic (exact) mass is 287 g/mol. The highest BCUT2D eigenvalue weighted by atomic mass is 16.2. The zero-order valence-electron chi connectivity index (χ0n) is 12.3. The third kappa shape index (κ3) is 2.65. The maximum absolute atomic E-state index is 12.5. The molecule has 0 bridgehead atoms. The van der Waals surface area contributed by atoms with E-state index in [0.29, 0.717) is 6.54 Å². The zero-order chi connectivity index (χ0) is 14.8. The average Bonchev–Trinajstić information content (AvgIpc) is 2.93. The van der Waals surface area contributed by atoms with Gasteiger partial charge >= 0.3 is 0 Å². The lowest BCUT2D eigenvalue weighted by atomic mass is 10.1. The number of hydrogen-bond acceptors (Lipinski definition) is 3. The van der Waals surface area contributed by atoms with Crippen LogP contribution in [0.15, 0.2) is 24.3 Å². The highest BCUT2D eigenvalue weighted by Crippen LogP contribution is 2.28. The molecule has 5 heteroatoms. The first-order chi connectivity index (χ1) is 10.2. The number of anilines is 1. The van der Waals surface area contributed by atoms with Crippen molar-refractivity contribution in [3.8, 4) is 0 Å². The molecule has 1 aromatic rings. The van der Waals surface area contributed by atoms with E-state index < -0.39 is 0 Å². The molecule has 0 radical (unpaired) electrons. The first-order valence-corrected chi connectivity index (χ1v) is 7.61. The minimum atomic E-state index is -0.376. The van der Waals surface area contributed by atoms with Crippen LogP contribution in [0.25, 0.3) is 0 Å². The number of para-hydroxylation sites is 1. The Morgan fingerprint density at radius 3 is 2.95 bits per heavy atom. The molecule has 1 unspecified atom stereocenters. The van der Waals surface area contributed by atoms with E-state index in [1.807, 2.05) is 34.9 Å². The van der Waals surface area contributed by atoms with Gasteiger partial charge in [-0.25, -0.2) is 0 Å². The van der Waals surface area contributed by atoms with Gasteiger partial charge < -0.3 is 15.1 Å². The smallest absolute Gasteiger partial charge is 0.240 e. The number of piperazine rings is 1. The molecule has 1 aromatic carbocycles. The van der Waals surface area contributed by atoms with Gasteiger partial charge in [0.05, 0.1) is 12.5 Å². The third-order valence-electron chi connectivity index (χ3n) is 4.33. The Hall–Kier alpha value is -1.88. The minimum Gasteiger partial charge on any atom is -0.340 e. The van der Waals surface area contributed by atoms with Crippen LogP contribution in [0.2, 0.25) is 0 Å². The molecule has 2 aliphatic heterocycles. The lowest BCUT2D eigenvalue weighted by Gasteiger charge is -2.32. The lowest BCUT2D eigenvalue weighted by Crippen LogP contribution is -2.56. The number of nitrogens with one attached hydrogen (secondary N) is 1. The van der Waals surface area contributed by atoms with Crippen LogP contribution in [0.3, 0.4) is 0 Å². The van der Waals surface area contributed by atoms with Gasteiger partial charge in [-0.3, -0.25) is 9.59 Å². The highest BCUT2D eigenvalue weighted by Gasteiger charge is 2.32. The van der Waals surface area contributed by atoms with Crippen molar-refractivity contribution in [2.45, 2.75) is 25.8 Å². The SMILES string of the molecule is CCN1CCNC(CC(=O)N2CCc3ccccc32)C1=O. The quantitative estimate of drug-likeness (QED) is 0.894. The first-order valence-electron chi connectivity index (χ1n) is 7.61. The minimum absolute atomic E-state index is 0.0313. The highest BCUT2D eigenvalue weighted by molar-refractivity contribution is 5.98. The summed E-state index contributed by atoms with van der Waals surface area (Å²) in [4.78, 5) is 28.4. The number of carbonyl (C=O) groups is 2.